The van der Waals surface area contributed by atoms with Crippen molar-refractivity contribution in [3.63, 3.8) is 0 Å². The lowest BCUT2D eigenvalue weighted by Gasteiger charge is -2.22. The average molecular weight is 408 g/mol. The highest BCUT2D eigenvalue weighted by molar-refractivity contribution is 5.85. The van der Waals surface area contributed by atoms with Gasteiger partial charge in [-0.25, -0.2) is 4.39 Å². The molecule has 1 aliphatic rings. The molecule has 0 aromatic heterocycles. The van der Waals surface area contributed by atoms with Gasteiger partial charge in [0, 0.05) is 22.4 Å². The van der Waals surface area contributed by atoms with Gasteiger partial charge < -0.3 is 5.32 Å². The largest absolute Gasteiger partial charge is 0.355 e. The van der Waals surface area contributed by atoms with Crippen LogP contribution in [0.2, 0.25) is 0 Å². The van der Waals surface area contributed by atoms with Gasteiger partial charge in [0.15, 0.2) is 0 Å². The van der Waals surface area contributed by atoms with Crippen LogP contribution in [-0.4, -0.2) is 0 Å². The van der Waals surface area contributed by atoms with E-state index in [9.17, 15) is 4.39 Å². The van der Waals surface area contributed by atoms with E-state index >= 15 is 0 Å². The third-order valence-corrected chi connectivity index (χ3v) is 6.62. The van der Waals surface area contributed by atoms with Gasteiger partial charge in [-0.3, -0.25) is 0 Å². The number of fused-ring (bicyclic) bond motifs is 3. The van der Waals surface area contributed by atoms with E-state index in [1.165, 1.54) is 33.9 Å². The fourth-order valence-corrected chi connectivity index (χ4v) is 4.76. The van der Waals surface area contributed by atoms with Crippen molar-refractivity contribution in [1.82, 2.24) is 0 Å². The number of rotatable bonds is 3. The molecule has 0 atom stereocenters. The molecule has 2 heteroatoms. The van der Waals surface area contributed by atoms with Crippen LogP contribution in [0.5, 0.6) is 0 Å². The molecule has 0 unspecified atom stereocenters. The lowest BCUT2D eigenvalue weighted by atomic mass is 9.82. The molecule has 0 radical (unpaired) electrons. The second-order valence-electron chi connectivity index (χ2n) is 9.02. The third-order valence-electron chi connectivity index (χ3n) is 6.62. The zero-order chi connectivity index (χ0) is 21.8. The maximum atomic E-state index is 14.3. The predicted octanol–water partition coefficient (Wildman–Crippen LogP) is 8.16. The van der Waals surface area contributed by atoms with Crippen LogP contribution in [-0.2, 0) is 5.41 Å². The van der Waals surface area contributed by atoms with Gasteiger partial charge in [0.05, 0.1) is 0 Å². The Labute approximate surface area is 183 Å². The average Bonchev–Trinajstić information content (AvgIpc) is 2.97. The second-order valence-corrected chi connectivity index (χ2v) is 9.02. The number of hydrogen-bond donors (Lipinski definition) is 1. The first-order valence-electron chi connectivity index (χ1n) is 10.7. The molecule has 0 spiro atoms. The number of nitrogens with one attached hydrogen (secondary N) is 1. The Balaban J connectivity index is 1.59. The maximum absolute atomic E-state index is 14.3. The standard InChI is InChI=1S/C29H26FN/c1-18-13-14-20(21-9-6-8-12-26(21)30)16-27(18)31-28-17-23-22-10-5-7-11-24(22)29(3,4)25(23)15-19(28)2/h5-17,31H,1-4H3. The first kappa shape index (κ1) is 19.6. The van der Waals surface area contributed by atoms with E-state index in [4.69, 9.17) is 0 Å². The van der Waals surface area contributed by atoms with Crippen LogP contribution in [0, 0.1) is 19.7 Å². The van der Waals surface area contributed by atoms with Crippen molar-refractivity contribution in [2.45, 2.75) is 33.1 Å². The fraction of sp³-hybridized carbons (Fsp3) is 0.172. The monoisotopic (exact) mass is 407 g/mol. The molecule has 1 N–H and O–H groups in total. The van der Waals surface area contributed by atoms with Crippen LogP contribution < -0.4 is 5.32 Å². The molecule has 0 aliphatic heterocycles. The van der Waals surface area contributed by atoms with Crippen molar-refractivity contribution >= 4 is 11.4 Å². The number of anilines is 2. The Hall–Kier alpha value is -3.39. The van der Waals surface area contributed by atoms with Crippen LogP contribution in [0.4, 0.5) is 15.8 Å². The lowest BCUT2D eigenvalue weighted by molar-refractivity contribution is 0.631. The molecule has 31 heavy (non-hydrogen) atoms. The van der Waals surface area contributed by atoms with Crippen molar-refractivity contribution < 1.29 is 4.39 Å². The highest BCUT2D eigenvalue weighted by atomic mass is 19.1. The van der Waals surface area contributed by atoms with Crippen LogP contribution in [0.15, 0.2) is 78.9 Å². The van der Waals surface area contributed by atoms with Crippen LogP contribution in [0.25, 0.3) is 22.3 Å². The highest BCUT2D eigenvalue weighted by Gasteiger charge is 2.35. The molecule has 0 heterocycles. The summed E-state index contributed by atoms with van der Waals surface area (Å²) < 4.78 is 14.3. The van der Waals surface area contributed by atoms with Crippen LogP contribution in [0.3, 0.4) is 0 Å². The first-order valence-corrected chi connectivity index (χ1v) is 10.7. The van der Waals surface area contributed by atoms with Crippen molar-refractivity contribution in [1.29, 1.82) is 0 Å². The minimum absolute atomic E-state index is 0.00408. The predicted molar refractivity (Wildman–Crippen MR) is 129 cm³/mol. The van der Waals surface area contributed by atoms with Gasteiger partial charge in [0.1, 0.15) is 5.82 Å². The van der Waals surface area contributed by atoms with E-state index in [1.54, 1.807) is 6.07 Å². The smallest absolute Gasteiger partial charge is 0.131 e. The molecule has 0 amide bonds. The van der Waals surface area contributed by atoms with E-state index in [1.807, 2.05) is 30.3 Å². The van der Waals surface area contributed by atoms with Crippen molar-refractivity contribution in [2.24, 2.45) is 0 Å². The lowest BCUT2D eigenvalue weighted by Crippen LogP contribution is -2.15. The fourth-order valence-electron chi connectivity index (χ4n) is 4.76. The van der Waals surface area contributed by atoms with Gasteiger partial charge in [-0.2, -0.15) is 0 Å². The molecule has 0 saturated heterocycles. The molecule has 4 aromatic carbocycles. The Morgan fingerprint density at radius 3 is 2.10 bits per heavy atom. The van der Waals surface area contributed by atoms with E-state index in [-0.39, 0.29) is 11.2 Å². The normalized spacial score (nSPS) is 13.6. The molecular formula is C29H26FN. The van der Waals surface area contributed by atoms with Gasteiger partial charge in [0.25, 0.3) is 0 Å². The Morgan fingerprint density at radius 1 is 0.645 bits per heavy atom. The second kappa shape index (κ2) is 7.09. The Bertz CT molecular complexity index is 1320. The molecule has 1 nitrogen and oxygen atoms in total. The minimum Gasteiger partial charge on any atom is -0.355 e. The highest BCUT2D eigenvalue weighted by Crippen LogP contribution is 2.50. The minimum atomic E-state index is -0.204. The number of aryl methyl sites for hydroxylation is 2. The van der Waals surface area contributed by atoms with E-state index < -0.39 is 0 Å². The van der Waals surface area contributed by atoms with Gasteiger partial charge in [-0.05, 0) is 71.0 Å². The Morgan fingerprint density at radius 2 is 1.32 bits per heavy atom. The third kappa shape index (κ3) is 3.14. The SMILES string of the molecule is Cc1ccc(-c2ccccc2F)cc1Nc1cc2c(cc1C)C(C)(C)c1ccccc1-2. The molecule has 5 rings (SSSR count). The van der Waals surface area contributed by atoms with Gasteiger partial charge in [0.2, 0.25) is 0 Å². The maximum Gasteiger partial charge on any atom is 0.131 e. The molecule has 154 valence electrons. The van der Waals surface area contributed by atoms with E-state index in [0.29, 0.717) is 5.56 Å². The molecule has 0 bridgehead atoms. The van der Waals surface area contributed by atoms with E-state index in [0.717, 1.165) is 22.5 Å². The summed E-state index contributed by atoms with van der Waals surface area (Å²) in [7, 11) is 0. The zero-order valence-corrected chi connectivity index (χ0v) is 18.4. The van der Waals surface area contributed by atoms with Crippen molar-refractivity contribution in [3.05, 3.63) is 107 Å². The van der Waals surface area contributed by atoms with Gasteiger partial charge >= 0.3 is 0 Å². The number of benzene rings is 4. The summed E-state index contributed by atoms with van der Waals surface area (Å²) in [6.07, 6.45) is 0. The topological polar surface area (TPSA) is 12.0 Å². The van der Waals surface area contributed by atoms with Gasteiger partial charge in [-0.15, -0.1) is 0 Å². The summed E-state index contributed by atoms with van der Waals surface area (Å²) in [5.74, 6) is -0.204. The molecule has 0 saturated carbocycles. The van der Waals surface area contributed by atoms with Crippen molar-refractivity contribution in [3.8, 4) is 22.3 Å². The summed E-state index contributed by atoms with van der Waals surface area (Å²) >= 11 is 0. The summed E-state index contributed by atoms with van der Waals surface area (Å²) in [4.78, 5) is 0. The first-order chi connectivity index (χ1) is 14.9. The summed E-state index contributed by atoms with van der Waals surface area (Å²) in [6.45, 7) is 8.82. The molecular weight excluding hydrogens is 381 g/mol. The summed E-state index contributed by atoms with van der Waals surface area (Å²) in [5.41, 5.74) is 11.2. The number of halogens is 1. The van der Waals surface area contributed by atoms with Crippen LogP contribution >= 0.6 is 0 Å². The summed E-state index contributed by atoms with van der Waals surface area (Å²) in [6, 6.07) is 26.3. The van der Waals surface area contributed by atoms with Crippen molar-refractivity contribution in [2.75, 3.05) is 5.32 Å². The summed E-state index contributed by atoms with van der Waals surface area (Å²) in [5, 5.41) is 3.64. The quantitative estimate of drug-likeness (QED) is 0.361. The van der Waals surface area contributed by atoms with E-state index in [2.05, 4.69) is 69.4 Å². The zero-order valence-electron chi connectivity index (χ0n) is 18.4. The molecule has 0 fully saturated rings. The Kier molecular flexibility index (Phi) is 4.48. The molecule has 4 aromatic rings. The van der Waals surface area contributed by atoms with Gasteiger partial charge in [-0.1, -0.05) is 74.5 Å². The number of hydrogen-bond acceptors (Lipinski definition) is 1. The molecule has 1 aliphatic carbocycles. The van der Waals surface area contributed by atoms with Crippen LogP contribution in [0.1, 0.15) is 36.1 Å².